The number of imidazole rings is 1. The van der Waals surface area contributed by atoms with E-state index >= 15 is 0 Å². The molecular weight excluding hydrogens is 304 g/mol. The van der Waals surface area contributed by atoms with Gasteiger partial charge in [0, 0.05) is 18.8 Å². The number of rotatable bonds is 4. The minimum absolute atomic E-state index is 0.333. The Morgan fingerprint density at radius 2 is 2.25 bits per heavy atom. The van der Waals surface area contributed by atoms with E-state index in [4.69, 9.17) is 9.72 Å². The molecule has 1 fully saturated rings. The van der Waals surface area contributed by atoms with Crippen LogP contribution in [0, 0.1) is 0 Å². The van der Waals surface area contributed by atoms with Gasteiger partial charge < -0.3 is 15.4 Å². The van der Waals surface area contributed by atoms with Crippen molar-refractivity contribution >= 4 is 11.5 Å². The van der Waals surface area contributed by atoms with Gasteiger partial charge in [-0.2, -0.15) is 0 Å². The van der Waals surface area contributed by atoms with Gasteiger partial charge in [-0.1, -0.05) is 6.07 Å². The minimum Gasteiger partial charge on any atom is -0.478 e. The maximum atomic E-state index is 5.37. The number of aromatic nitrogens is 4. The second-order valence-corrected chi connectivity index (χ2v) is 5.87. The zero-order valence-electron chi connectivity index (χ0n) is 13.6. The van der Waals surface area contributed by atoms with Crippen molar-refractivity contribution in [3.63, 3.8) is 0 Å². The smallest absolute Gasteiger partial charge is 0.257 e. The van der Waals surface area contributed by atoms with E-state index in [1.807, 2.05) is 35.0 Å². The fraction of sp³-hybridized carbons (Fsp3) is 0.353. The molecule has 3 aromatic heterocycles. The molecule has 0 amide bonds. The summed E-state index contributed by atoms with van der Waals surface area (Å²) in [6, 6.07) is 6.24. The molecule has 0 aliphatic carbocycles. The zero-order valence-corrected chi connectivity index (χ0v) is 13.6. The number of pyridine rings is 1. The van der Waals surface area contributed by atoms with Crippen molar-refractivity contribution in [1.29, 1.82) is 0 Å². The van der Waals surface area contributed by atoms with Crippen molar-refractivity contribution < 1.29 is 4.74 Å². The molecule has 3 aromatic rings. The molecule has 1 aliphatic heterocycles. The van der Waals surface area contributed by atoms with Crippen LogP contribution in [-0.4, -0.2) is 45.6 Å². The Bertz CT molecular complexity index is 840. The van der Waals surface area contributed by atoms with E-state index < -0.39 is 0 Å². The largest absolute Gasteiger partial charge is 0.478 e. The van der Waals surface area contributed by atoms with Crippen LogP contribution in [-0.2, 0) is 0 Å². The summed E-state index contributed by atoms with van der Waals surface area (Å²) in [5, 5.41) is 6.85. The summed E-state index contributed by atoms with van der Waals surface area (Å²) in [7, 11) is 1.61. The molecule has 1 atom stereocenters. The van der Waals surface area contributed by atoms with Crippen LogP contribution in [0.5, 0.6) is 5.88 Å². The second kappa shape index (κ2) is 6.45. The Kier molecular flexibility index (Phi) is 4.00. The molecule has 0 spiro atoms. The van der Waals surface area contributed by atoms with Gasteiger partial charge in [-0.05, 0) is 31.5 Å². The molecule has 7 nitrogen and oxygen atoms in total. The van der Waals surface area contributed by atoms with Gasteiger partial charge in [0.1, 0.15) is 11.3 Å². The predicted molar refractivity (Wildman–Crippen MR) is 92.3 cm³/mol. The highest BCUT2D eigenvalue weighted by molar-refractivity contribution is 5.62. The van der Waals surface area contributed by atoms with Crippen LogP contribution < -0.4 is 15.4 Å². The number of methoxy groups -OCH3 is 1. The first-order valence-corrected chi connectivity index (χ1v) is 8.16. The number of nitrogens with one attached hydrogen (secondary N) is 2. The summed E-state index contributed by atoms with van der Waals surface area (Å²) in [5.74, 6) is 1.19. The summed E-state index contributed by atoms with van der Waals surface area (Å²) >= 11 is 0. The molecule has 4 heterocycles. The monoisotopic (exact) mass is 324 g/mol. The van der Waals surface area contributed by atoms with Gasteiger partial charge in [-0.15, -0.1) is 0 Å². The van der Waals surface area contributed by atoms with E-state index in [2.05, 4.69) is 20.6 Å². The number of anilines is 1. The van der Waals surface area contributed by atoms with Crippen molar-refractivity contribution in [3.05, 3.63) is 36.8 Å². The topological polar surface area (TPSA) is 76.4 Å². The lowest BCUT2D eigenvalue weighted by Crippen LogP contribution is -2.38. The number of nitrogens with zero attached hydrogens (tertiary/aromatic N) is 4. The van der Waals surface area contributed by atoms with Gasteiger partial charge in [0.2, 0.25) is 0 Å². The van der Waals surface area contributed by atoms with Crippen molar-refractivity contribution in [3.8, 4) is 17.3 Å². The predicted octanol–water partition coefficient (Wildman–Crippen LogP) is 1.96. The van der Waals surface area contributed by atoms with Crippen molar-refractivity contribution in [1.82, 2.24) is 24.7 Å². The van der Waals surface area contributed by atoms with Gasteiger partial charge in [0.05, 0.1) is 25.2 Å². The Morgan fingerprint density at radius 3 is 3.08 bits per heavy atom. The third-order valence-electron chi connectivity index (χ3n) is 4.25. The SMILES string of the molecule is COc1ncc(-c2cnc3ccccn23)nc1NC1CCCNC1. The molecule has 0 saturated carbocycles. The van der Waals surface area contributed by atoms with Crippen LogP contribution >= 0.6 is 0 Å². The summed E-state index contributed by atoms with van der Waals surface area (Å²) in [6.07, 6.45) is 7.77. The first-order chi connectivity index (χ1) is 11.8. The number of hydrogen-bond acceptors (Lipinski definition) is 6. The highest BCUT2D eigenvalue weighted by Gasteiger charge is 2.18. The Hall–Kier alpha value is -2.67. The fourth-order valence-electron chi connectivity index (χ4n) is 3.04. The van der Waals surface area contributed by atoms with Crippen LogP contribution in [0.2, 0.25) is 0 Å². The van der Waals surface area contributed by atoms with Gasteiger partial charge in [-0.25, -0.2) is 15.0 Å². The zero-order chi connectivity index (χ0) is 16.4. The molecule has 2 N–H and O–H groups in total. The number of hydrogen-bond donors (Lipinski definition) is 2. The molecule has 1 aliphatic rings. The third kappa shape index (κ3) is 2.78. The molecule has 124 valence electrons. The summed E-state index contributed by atoms with van der Waals surface area (Å²) in [4.78, 5) is 13.6. The maximum Gasteiger partial charge on any atom is 0.257 e. The molecule has 0 aromatic carbocycles. The Morgan fingerprint density at radius 1 is 1.29 bits per heavy atom. The van der Waals surface area contributed by atoms with Gasteiger partial charge >= 0.3 is 0 Å². The minimum atomic E-state index is 0.333. The van der Waals surface area contributed by atoms with E-state index in [1.54, 1.807) is 13.3 Å². The van der Waals surface area contributed by atoms with Gasteiger partial charge in [0.25, 0.3) is 5.88 Å². The molecule has 7 heteroatoms. The highest BCUT2D eigenvalue weighted by Crippen LogP contribution is 2.26. The second-order valence-electron chi connectivity index (χ2n) is 5.87. The fourth-order valence-corrected chi connectivity index (χ4v) is 3.04. The normalized spacial score (nSPS) is 17.8. The van der Waals surface area contributed by atoms with Gasteiger partial charge in [-0.3, -0.25) is 4.40 Å². The van der Waals surface area contributed by atoms with E-state index in [0.717, 1.165) is 43.0 Å². The molecule has 0 bridgehead atoms. The van der Waals surface area contributed by atoms with Crippen LogP contribution in [0.15, 0.2) is 36.8 Å². The maximum absolute atomic E-state index is 5.37. The van der Waals surface area contributed by atoms with Crippen molar-refractivity contribution in [2.45, 2.75) is 18.9 Å². The van der Waals surface area contributed by atoms with Crippen LogP contribution in [0.3, 0.4) is 0 Å². The van der Waals surface area contributed by atoms with Crippen LogP contribution in [0.4, 0.5) is 5.82 Å². The molecule has 0 radical (unpaired) electrons. The first kappa shape index (κ1) is 14.9. The van der Waals surface area contributed by atoms with Crippen LogP contribution in [0.25, 0.3) is 17.0 Å². The van der Waals surface area contributed by atoms with E-state index in [9.17, 15) is 0 Å². The Balaban J connectivity index is 1.70. The number of piperidine rings is 1. The first-order valence-electron chi connectivity index (χ1n) is 8.16. The average molecular weight is 324 g/mol. The summed E-state index contributed by atoms with van der Waals surface area (Å²) in [5.41, 5.74) is 2.56. The molecule has 4 rings (SSSR count). The summed E-state index contributed by atoms with van der Waals surface area (Å²) in [6.45, 7) is 1.99. The van der Waals surface area contributed by atoms with E-state index in [-0.39, 0.29) is 0 Å². The van der Waals surface area contributed by atoms with Crippen molar-refractivity contribution in [2.75, 3.05) is 25.5 Å². The number of fused-ring (bicyclic) bond motifs is 1. The quantitative estimate of drug-likeness (QED) is 0.764. The lowest BCUT2D eigenvalue weighted by molar-refractivity contribution is 0.395. The Labute approximate surface area is 140 Å². The molecular formula is C17H20N6O. The molecule has 1 unspecified atom stereocenters. The lowest BCUT2D eigenvalue weighted by atomic mass is 10.1. The van der Waals surface area contributed by atoms with E-state index in [1.165, 1.54) is 0 Å². The molecule has 1 saturated heterocycles. The van der Waals surface area contributed by atoms with E-state index in [0.29, 0.717) is 17.7 Å². The lowest BCUT2D eigenvalue weighted by Gasteiger charge is -2.24. The summed E-state index contributed by atoms with van der Waals surface area (Å²) < 4.78 is 7.37. The standard InChI is InChI=1S/C17H20N6O/c1-24-17-16(21-12-5-4-7-18-9-12)22-13(10-20-17)14-11-19-15-6-2-3-8-23(14)15/h2-3,6,8,10-12,18H,4-5,7,9H2,1H3,(H,21,22). The highest BCUT2D eigenvalue weighted by atomic mass is 16.5. The molecule has 24 heavy (non-hydrogen) atoms. The van der Waals surface area contributed by atoms with Crippen LogP contribution in [0.1, 0.15) is 12.8 Å². The van der Waals surface area contributed by atoms with Gasteiger partial charge in [0.15, 0.2) is 5.82 Å². The average Bonchev–Trinajstić information content (AvgIpc) is 3.07. The van der Waals surface area contributed by atoms with Crippen molar-refractivity contribution in [2.24, 2.45) is 0 Å². The number of ether oxygens (including phenoxy) is 1. The third-order valence-corrected chi connectivity index (χ3v) is 4.25.